The number of aromatic nitrogens is 1. The number of nitrogens with two attached hydrogens (primary N) is 1. The van der Waals surface area contributed by atoms with E-state index in [0.29, 0.717) is 16.6 Å². The molecular formula is C15H15ClN2O. The van der Waals surface area contributed by atoms with Crippen LogP contribution in [0.25, 0.3) is 0 Å². The summed E-state index contributed by atoms with van der Waals surface area (Å²) < 4.78 is 5.97. The fraction of sp³-hybridized carbons (Fsp3) is 0.267. The zero-order chi connectivity index (χ0) is 13.2. The summed E-state index contributed by atoms with van der Waals surface area (Å²) in [6.07, 6.45) is 4.80. The number of nitrogen functional groups attached to an aromatic ring is 1. The molecule has 0 fully saturated rings. The van der Waals surface area contributed by atoms with E-state index in [4.69, 9.17) is 22.1 Å². The normalized spacial score (nSPS) is 17.8. The molecule has 0 spiro atoms. The average molecular weight is 275 g/mol. The Bertz CT molecular complexity index is 600. The molecule has 98 valence electrons. The lowest BCUT2D eigenvalue weighted by molar-refractivity contribution is 0.177. The molecule has 19 heavy (non-hydrogen) atoms. The molecular weight excluding hydrogens is 260 g/mol. The molecule has 3 rings (SSSR count). The van der Waals surface area contributed by atoms with Crippen molar-refractivity contribution in [3.63, 3.8) is 0 Å². The Morgan fingerprint density at radius 3 is 3.00 bits per heavy atom. The second-order valence-corrected chi connectivity index (χ2v) is 5.18. The van der Waals surface area contributed by atoms with Gasteiger partial charge in [0.25, 0.3) is 0 Å². The van der Waals surface area contributed by atoms with Crippen LogP contribution in [0, 0.1) is 0 Å². The number of hydrogen-bond donors (Lipinski definition) is 1. The van der Waals surface area contributed by atoms with E-state index in [9.17, 15) is 0 Å². The second-order valence-electron chi connectivity index (χ2n) is 4.75. The van der Waals surface area contributed by atoms with Crippen molar-refractivity contribution in [1.29, 1.82) is 0 Å². The fourth-order valence-corrected chi connectivity index (χ4v) is 2.67. The van der Waals surface area contributed by atoms with Crippen molar-refractivity contribution in [2.45, 2.75) is 25.4 Å². The van der Waals surface area contributed by atoms with Crippen LogP contribution in [0.5, 0.6) is 5.88 Å². The highest BCUT2D eigenvalue weighted by Crippen LogP contribution is 2.34. The highest BCUT2D eigenvalue weighted by molar-refractivity contribution is 6.30. The first-order valence-electron chi connectivity index (χ1n) is 6.39. The lowest BCUT2D eigenvalue weighted by Gasteiger charge is -2.26. The van der Waals surface area contributed by atoms with Gasteiger partial charge < -0.3 is 10.5 Å². The average Bonchev–Trinajstić information content (AvgIpc) is 2.42. The van der Waals surface area contributed by atoms with Gasteiger partial charge in [-0.25, -0.2) is 4.98 Å². The van der Waals surface area contributed by atoms with Crippen molar-refractivity contribution >= 4 is 17.3 Å². The third-order valence-corrected chi connectivity index (χ3v) is 3.62. The minimum Gasteiger partial charge on any atom is -0.468 e. The number of fused-ring (bicyclic) bond motifs is 1. The maximum Gasteiger partial charge on any atom is 0.237 e. The molecule has 0 bridgehead atoms. The Labute approximate surface area is 117 Å². The molecule has 0 saturated carbocycles. The van der Waals surface area contributed by atoms with Crippen molar-refractivity contribution in [2.24, 2.45) is 0 Å². The maximum atomic E-state index is 5.97. The molecule has 4 heteroatoms. The largest absolute Gasteiger partial charge is 0.468 e. The van der Waals surface area contributed by atoms with E-state index >= 15 is 0 Å². The number of nitrogens with zero attached hydrogens (tertiary/aromatic N) is 1. The van der Waals surface area contributed by atoms with E-state index in [0.717, 1.165) is 19.3 Å². The van der Waals surface area contributed by atoms with Gasteiger partial charge in [0.2, 0.25) is 5.88 Å². The van der Waals surface area contributed by atoms with Crippen LogP contribution >= 0.6 is 11.6 Å². The van der Waals surface area contributed by atoms with Gasteiger partial charge >= 0.3 is 0 Å². The summed E-state index contributed by atoms with van der Waals surface area (Å²) in [4.78, 5) is 4.17. The van der Waals surface area contributed by atoms with Crippen molar-refractivity contribution in [2.75, 3.05) is 5.73 Å². The van der Waals surface area contributed by atoms with Crippen molar-refractivity contribution in [3.05, 3.63) is 52.7 Å². The van der Waals surface area contributed by atoms with Gasteiger partial charge in [0.05, 0.1) is 10.7 Å². The Kier molecular flexibility index (Phi) is 3.30. The molecule has 2 aromatic rings. The van der Waals surface area contributed by atoms with Crippen LogP contribution < -0.4 is 10.5 Å². The maximum absolute atomic E-state index is 5.97. The van der Waals surface area contributed by atoms with Crippen LogP contribution in [-0.4, -0.2) is 4.98 Å². The van der Waals surface area contributed by atoms with E-state index in [1.807, 2.05) is 6.07 Å². The quantitative estimate of drug-likeness (QED) is 0.907. The van der Waals surface area contributed by atoms with E-state index in [2.05, 4.69) is 23.2 Å². The second kappa shape index (κ2) is 5.10. The Morgan fingerprint density at radius 1 is 1.32 bits per heavy atom. The highest BCUT2D eigenvalue weighted by atomic mass is 35.5. The van der Waals surface area contributed by atoms with Crippen LogP contribution in [0.2, 0.25) is 5.02 Å². The van der Waals surface area contributed by atoms with Gasteiger partial charge in [-0.3, -0.25) is 0 Å². The smallest absolute Gasteiger partial charge is 0.237 e. The number of rotatable bonds is 2. The van der Waals surface area contributed by atoms with Crippen molar-refractivity contribution in [1.82, 2.24) is 4.98 Å². The van der Waals surface area contributed by atoms with Gasteiger partial charge in [-0.1, -0.05) is 35.9 Å². The first-order valence-corrected chi connectivity index (χ1v) is 6.77. The third kappa shape index (κ3) is 2.51. The number of anilines is 1. The number of ether oxygens (including phenoxy) is 1. The summed E-state index contributed by atoms with van der Waals surface area (Å²) >= 11 is 5.84. The van der Waals surface area contributed by atoms with Gasteiger partial charge in [-0.05, 0) is 36.5 Å². The summed E-state index contributed by atoms with van der Waals surface area (Å²) in [5, 5.41) is 0.522. The van der Waals surface area contributed by atoms with Crippen molar-refractivity contribution in [3.8, 4) is 5.88 Å². The van der Waals surface area contributed by atoms with Crippen LogP contribution in [-0.2, 0) is 6.42 Å². The Morgan fingerprint density at radius 2 is 2.16 bits per heavy atom. The van der Waals surface area contributed by atoms with Crippen LogP contribution in [0.4, 0.5) is 5.69 Å². The first kappa shape index (κ1) is 12.3. The van der Waals surface area contributed by atoms with Gasteiger partial charge in [0, 0.05) is 6.20 Å². The standard InChI is InChI=1S/C15H15ClN2O/c16-11-8-13(17)15(18-9-11)19-14-7-3-5-10-4-1-2-6-12(10)14/h1-2,4,6,8-9,14H,3,5,7,17H2. The van der Waals surface area contributed by atoms with Gasteiger partial charge in [0.15, 0.2) is 0 Å². The molecule has 1 aromatic heterocycles. The number of pyridine rings is 1. The molecule has 0 aliphatic heterocycles. The lowest BCUT2D eigenvalue weighted by Crippen LogP contribution is -2.16. The fourth-order valence-electron chi connectivity index (χ4n) is 2.51. The molecule has 0 radical (unpaired) electrons. The van der Waals surface area contributed by atoms with Gasteiger partial charge in [-0.15, -0.1) is 0 Å². The van der Waals surface area contributed by atoms with E-state index in [-0.39, 0.29) is 6.10 Å². The molecule has 2 N–H and O–H groups in total. The van der Waals surface area contributed by atoms with E-state index in [1.54, 1.807) is 12.3 Å². The SMILES string of the molecule is Nc1cc(Cl)cnc1OC1CCCc2ccccc21. The van der Waals surface area contributed by atoms with Crippen LogP contribution in [0.3, 0.4) is 0 Å². The Balaban J connectivity index is 1.88. The topological polar surface area (TPSA) is 48.1 Å². The monoisotopic (exact) mass is 274 g/mol. The molecule has 1 aliphatic carbocycles. The molecule has 1 aromatic carbocycles. The number of hydrogen-bond acceptors (Lipinski definition) is 3. The highest BCUT2D eigenvalue weighted by Gasteiger charge is 2.22. The van der Waals surface area contributed by atoms with E-state index in [1.165, 1.54) is 11.1 Å². The van der Waals surface area contributed by atoms with Crippen LogP contribution in [0.1, 0.15) is 30.1 Å². The molecule has 0 saturated heterocycles. The Hall–Kier alpha value is -1.74. The number of halogens is 1. The zero-order valence-electron chi connectivity index (χ0n) is 10.5. The lowest BCUT2D eigenvalue weighted by atomic mass is 9.89. The summed E-state index contributed by atoms with van der Waals surface area (Å²) in [6, 6.07) is 10.0. The molecule has 0 amide bonds. The predicted octanol–water partition coefficient (Wildman–Crippen LogP) is 3.77. The van der Waals surface area contributed by atoms with Gasteiger partial charge in [0.1, 0.15) is 6.10 Å². The first-order chi connectivity index (χ1) is 9.24. The molecule has 3 nitrogen and oxygen atoms in total. The number of benzene rings is 1. The molecule has 1 aliphatic rings. The molecule has 1 heterocycles. The summed E-state index contributed by atoms with van der Waals surface area (Å²) in [5.74, 6) is 0.464. The zero-order valence-corrected chi connectivity index (χ0v) is 11.2. The van der Waals surface area contributed by atoms with E-state index < -0.39 is 0 Å². The minimum absolute atomic E-state index is 0.0286. The van der Waals surface area contributed by atoms with Crippen LogP contribution in [0.15, 0.2) is 36.5 Å². The predicted molar refractivity (Wildman–Crippen MR) is 76.4 cm³/mol. The minimum atomic E-state index is 0.0286. The summed E-state index contributed by atoms with van der Waals surface area (Å²) in [7, 11) is 0. The van der Waals surface area contributed by atoms with Gasteiger partial charge in [-0.2, -0.15) is 0 Å². The third-order valence-electron chi connectivity index (χ3n) is 3.41. The summed E-state index contributed by atoms with van der Waals surface area (Å²) in [6.45, 7) is 0. The molecule has 1 atom stereocenters. The number of aryl methyl sites for hydroxylation is 1. The molecule has 1 unspecified atom stereocenters. The summed E-state index contributed by atoms with van der Waals surface area (Å²) in [5.41, 5.74) is 8.96. The van der Waals surface area contributed by atoms with Crippen molar-refractivity contribution < 1.29 is 4.74 Å².